The Morgan fingerprint density at radius 2 is 1.54 bits per heavy atom. The Morgan fingerprint density at radius 3 is 2.25 bits per heavy atom. The molecule has 3 rings (SSSR count). The quantitative estimate of drug-likeness (QED) is 0.639. The van der Waals surface area contributed by atoms with E-state index in [2.05, 4.69) is 10.6 Å². The first-order valence-electron chi connectivity index (χ1n) is 8.76. The Bertz CT molecular complexity index is 959. The normalized spacial score (nSPS) is 10.2. The van der Waals surface area contributed by atoms with Gasteiger partial charge in [0.15, 0.2) is 0 Å². The van der Waals surface area contributed by atoms with Crippen molar-refractivity contribution in [3.63, 3.8) is 0 Å². The number of benzene rings is 3. The van der Waals surface area contributed by atoms with E-state index in [-0.39, 0.29) is 18.4 Å². The maximum Gasteiger partial charge on any atom is 0.257 e. The van der Waals surface area contributed by atoms with Crippen LogP contribution >= 0.6 is 11.6 Å². The number of carbonyl (C=O) groups excluding carboxylic acids is 2. The molecule has 0 aliphatic heterocycles. The number of hydrogen-bond donors (Lipinski definition) is 2. The van der Waals surface area contributed by atoms with Gasteiger partial charge in [-0.2, -0.15) is 0 Å². The van der Waals surface area contributed by atoms with Gasteiger partial charge in [-0.3, -0.25) is 9.59 Å². The Balaban J connectivity index is 1.67. The molecule has 0 saturated heterocycles. The molecule has 0 bridgehead atoms. The molecule has 5 nitrogen and oxygen atoms in total. The van der Waals surface area contributed by atoms with E-state index in [9.17, 15) is 9.59 Å². The van der Waals surface area contributed by atoms with Crippen molar-refractivity contribution in [1.82, 2.24) is 0 Å². The third-order valence-corrected chi connectivity index (χ3v) is 4.47. The summed E-state index contributed by atoms with van der Waals surface area (Å²) >= 11 is 5.87. The molecule has 0 heterocycles. The highest BCUT2D eigenvalue weighted by atomic mass is 35.5. The van der Waals surface area contributed by atoms with E-state index < -0.39 is 0 Å². The summed E-state index contributed by atoms with van der Waals surface area (Å²) in [4.78, 5) is 26.7. The van der Waals surface area contributed by atoms with Crippen LogP contribution in [0.3, 0.4) is 0 Å². The van der Waals surface area contributed by atoms with Gasteiger partial charge in [-0.05, 0) is 48.5 Å². The first kappa shape index (κ1) is 19.5. The summed E-state index contributed by atoms with van der Waals surface area (Å²) in [5, 5.41) is 6.49. The van der Waals surface area contributed by atoms with E-state index in [1.165, 1.54) is 0 Å². The molecule has 0 spiro atoms. The van der Waals surface area contributed by atoms with Crippen LogP contribution in [0, 0.1) is 0 Å². The van der Waals surface area contributed by atoms with E-state index >= 15 is 0 Å². The predicted molar refractivity (Wildman–Crippen MR) is 114 cm³/mol. The standard InChI is InChI=1S/C22H20ClN3O2/c1-26(18-7-3-2-4-8-18)21(27)15-24-20-10-6-5-9-19(20)22(28)25-17-13-11-16(23)12-14-17/h2-14,24H,15H2,1H3,(H,25,28). The fraction of sp³-hybridized carbons (Fsp3) is 0.0909. The summed E-state index contributed by atoms with van der Waals surface area (Å²) in [5.41, 5.74) is 2.49. The maximum absolute atomic E-state index is 12.6. The molecule has 28 heavy (non-hydrogen) atoms. The molecule has 0 aliphatic carbocycles. The molecule has 0 radical (unpaired) electrons. The van der Waals surface area contributed by atoms with Crippen LogP contribution in [0.1, 0.15) is 10.4 Å². The molecule has 0 atom stereocenters. The zero-order valence-corrected chi connectivity index (χ0v) is 16.1. The van der Waals surface area contributed by atoms with Crippen molar-refractivity contribution in [2.24, 2.45) is 0 Å². The van der Waals surface area contributed by atoms with Crippen molar-refractivity contribution >= 4 is 40.5 Å². The number of carbonyl (C=O) groups is 2. The first-order valence-corrected chi connectivity index (χ1v) is 9.14. The highest BCUT2D eigenvalue weighted by molar-refractivity contribution is 6.30. The number of hydrogen-bond acceptors (Lipinski definition) is 3. The second-order valence-corrected chi connectivity index (χ2v) is 6.58. The third-order valence-electron chi connectivity index (χ3n) is 4.22. The van der Waals surface area contributed by atoms with Crippen LogP contribution in [0.25, 0.3) is 0 Å². The second kappa shape index (κ2) is 9.06. The van der Waals surface area contributed by atoms with Gasteiger partial charge in [-0.25, -0.2) is 0 Å². The predicted octanol–water partition coefficient (Wildman–Crippen LogP) is 4.67. The van der Waals surface area contributed by atoms with E-state index in [1.807, 2.05) is 36.4 Å². The summed E-state index contributed by atoms with van der Waals surface area (Å²) in [6, 6.07) is 23.3. The van der Waals surface area contributed by atoms with Crippen LogP contribution in [0.2, 0.25) is 5.02 Å². The summed E-state index contributed by atoms with van der Waals surface area (Å²) < 4.78 is 0. The van der Waals surface area contributed by atoms with Crippen molar-refractivity contribution in [3.05, 3.63) is 89.4 Å². The molecule has 0 aliphatic rings. The van der Waals surface area contributed by atoms with Crippen LogP contribution in [0.15, 0.2) is 78.9 Å². The number of nitrogens with one attached hydrogen (secondary N) is 2. The molecule has 0 saturated carbocycles. The lowest BCUT2D eigenvalue weighted by Crippen LogP contribution is -2.32. The van der Waals surface area contributed by atoms with Gasteiger partial charge in [-0.1, -0.05) is 41.9 Å². The molecule has 0 fully saturated rings. The number of rotatable bonds is 6. The minimum Gasteiger partial charge on any atom is -0.375 e. The van der Waals surface area contributed by atoms with Crippen molar-refractivity contribution < 1.29 is 9.59 Å². The smallest absolute Gasteiger partial charge is 0.257 e. The molecular weight excluding hydrogens is 374 g/mol. The number of halogens is 1. The van der Waals surface area contributed by atoms with Gasteiger partial charge in [0.2, 0.25) is 5.91 Å². The average Bonchev–Trinajstić information content (AvgIpc) is 2.74. The van der Waals surface area contributed by atoms with E-state index in [1.54, 1.807) is 54.4 Å². The summed E-state index contributed by atoms with van der Waals surface area (Å²) in [5.74, 6) is -0.381. The van der Waals surface area contributed by atoms with Gasteiger partial charge in [0.25, 0.3) is 5.91 Å². The molecule has 142 valence electrons. The van der Waals surface area contributed by atoms with Crippen LogP contribution in [0.4, 0.5) is 17.1 Å². The fourth-order valence-corrected chi connectivity index (χ4v) is 2.78. The van der Waals surface area contributed by atoms with Crippen molar-refractivity contribution in [2.45, 2.75) is 0 Å². The number of nitrogens with zero attached hydrogens (tertiary/aromatic N) is 1. The average molecular weight is 394 g/mol. The fourth-order valence-electron chi connectivity index (χ4n) is 2.65. The third kappa shape index (κ3) is 4.90. The Morgan fingerprint density at radius 1 is 0.893 bits per heavy atom. The molecule has 6 heteroatoms. The molecule has 0 aromatic heterocycles. The number of likely N-dealkylation sites (N-methyl/N-ethyl adjacent to an activating group) is 1. The molecule has 3 aromatic carbocycles. The lowest BCUT2D eigenvalue weighted by Gasteiger charge is -2.18. The van der Waals surface area contributed by atoms with Gasteiger partial charge >= 0.3 is 0 Å². The number of amides is 2. The summed E-state index contributed by atoms with van der Waals surface area (Å²) in [6.45, 7) is 0.0661. The van der Waals surface area contributed by atoms with Gasteiger partial charge in [-0.15, -0.1) is 0 Å². The van der Waals surface area contributed by atoms with E-state index in [0.717, 1.165) is 5.69 Å². The van der Waals surface area contributed by atoms with Crippen LogP contribution < -0.4 is 15.5 Å². The number of anilines is 3. The minimum atomic E-state index is -0.269. The number of para-hydroxylation sites is 2. The Hall–Kier alpha value is -3.31. The monoisotopic (exact) mass is 393 g/mol. The van der Waals surface area contributed by atoms with Crippen molar-refractivity contribution in [2.75, 3.05) is 29.1 Å². The van der Waals surface area contributed by atoms with Crippen LogP contribution in [-0.4, -0.2) is 25.4 Å². The molecule has 0 unspecified atom stereocenters. The van der Waals surface area contributed by atoms with E-state index in [0.29, 0.717) is 22.0 Å². The lowest BCUT2D eigenvalue weighted by atomic mass is 10.1. The SMILES string of the molecule is CN(C(=O)CNc1ccccc1C(=O)Nc1ccc(Cl)cc1)c1ccccc1. The van der Waals surface area contributed by atoms with E-state index in [4.69, 9.17) is 11.6 Å². The minimum absolute atomic E-state index is 0.0661. The highest BCUT2D eigenvalue weighted by Gasteiger charge is 2.14. The second-order valence-electron chi connectivity index (χ2n) is 6.15. The topological polar surface area (TPSA) is 61.4 Å². The van der Waals surface area contributed by atoms with Crippen molar-refractivity contribution in [1.29, 1.82) is 0 Å². The molecule has 3 aromatic rings. The van der Waals surface area contributed by atoms with Crippen LogP contribution in [-0.2, 0) is 4.79 Å². The maximum atomic E-state index is 12.6. The Labute approximate surface area is 168 Å². The lowest BCUT2D eigenvalue weighted by molar-refractivity contribution is -0.116. The van der Waals surface area contributed by atoms with Crippen LogP contribution in [0.5, 0.6) is 0 Å². The Kier molecular flexibility index (Phi) is 6.29. The molecule has 2 N–H and O–H groups in total. The zero-order chi connectivity index (χ0) is 19.9. The summed E-state index contributed by atoms with van der Waals surface area (Å²) in [7, 11) is 1.72. The zero-order valence-electron chi connectivity index (χ0n) is 15.4. The largest absolute Gasteiger partial charge is 0.375 e. The van der Waals surface area contributed by atoms with Gasteiger partial charge in [0.1, 0.15) is 0 Å². The first-order chi connectivity index (χ1) is 13.5. The van der Waals surface area contributed by atoms with Gasteiger partial charge in [0.05, 0.1) is 12.1 Å². The molecular formula is C22H20ClN3O2. The molecule has 2 amide bonds. The highest BCUT2D eigenvalue weighted by Crippen LogP contribution is 2.19. The summed E-state index contributed by atoms with van der Waals surface area (Å²) in [6.07, 6.45) is 0. The van der Waals surface area contributed by atoms with Crippen molar-refractivity contribution in [3.8, 4) is 0 Å². The van der Waals surface area contributed by atoms with Gasteiger partial charge in [0, 0.05) is 29.1 Å². The van der Waals surface area contributed by atoms with Gasteiger partial charge < -0.3 is 15.5 Å².